The van der Waals surface area contributed by atoms with Crippen LogP contribution in [-0.2, 0) is 16.0 Å². The van der Waals surface area contributed by atoms with Crippen molar-refractivity contribution >= 4 is 11.9 Å². The topological polar surface area (TPSA) is 92.4 Å². The molecule has 1 atom stereocenters. The molecule has 4 N–H and O–H groups in total. The molecule has 0 bridgehead atoms. The normalized spacial score (nSPS) is 20.7. The summed E-state index contributed by atoms with van der Waals surface area (Å²) in [4.78, 5) is 24.8. The molecule has 2 fully saturated rings. The summed E-state index contributed by atoms with van der Waals surface area (Å²) in [5, 5.41) is 12.5. The molecule has 5 nitrogen and oxygen atoms in total. The lowest BCUT2D eigenvalue weighted by Crippen LogP contribution is -2.49. The zero-order chi connectivity index (χ0) is 20.7. The van der Waals surface area contributed by atoms with Crippen LogP contribution >= 0.6 is 0 Å². The first-order valence-electron chi connectivity index (χ1n) is 11.4. The van der Waals surface area contributed by atoms with E-state index in [-0.39, 0.29) is 5.91 Å². The van der Waals surface area contributed by atoms with Gasteiger partial charge in [0.15, 0.2) is 0 Å². The van der Waals surface area contributed by atoms with Crippen molar-refractivity contribution in [2.24, 2.45) is 11.1 Å². The predicted octanol–water partition coefficient (Wildman–Crippen LogP) is 4.15. The average Bonchev–Trinajstić information content (AvgIpc) is 3.03. The van der Waals surface area contributed by atoms with E-state index < -0.39 is 17.4 Å². The van der Waals surface area contributed by atoms with Crippen LogP contribution in [0.1, 0.15) is 87.7 Å². The highest BCUT2D eigenvalue weighted by molar-refractivity contribution is 5.87. The Balaban J connectivity index is 1.64. The van der Waals surface area contributed by atoms with Gasteiger partial charge in [0.1, 0.15) is 6.04 Å². The zero-order valence-corrected chi connectivity index (χ0v) is 17.5. The van der Waals surface area contributed by atoms with Crippen LogP contribution in [0, 0.1) is 5.41 Å². The number of carboxylic acids is 1. The molecule has 1 amide bonds. The molecule has 5 heteroatoms. The van der Waals surface area contributed by atoms with Crippen LogP contribution < -0.4 is 11.1 Å². The second-order valence-corrected chi connectivity index (χ2v) is 9.02. The molecule has 2 aliphatic rings. The van der Waals surface area contributed by atoms with Gasteiger partial charge in [0.05, 0.1) is 5.41 Å². The average molecular weight is 401 g/mol. The van der Waals surface area contributed by atoms with Crippen LogP contribution in [-0.4, -0.2) is 29.6 Å². The van der Waals surface area contributed by atoms with E-state index in [1.807, 2.05) is 12.1 Å². The first-order valence-corrected chi connectivity index (χ1v) is 11.4. The Hall–Kier alpha value is -1.88. The number of hydrogen-bond acceptors (Lipinski definition) is 3. The number of aliphatic carboxylic acids is 1. The van der Waals surface area contributed by atoms with E-state index in [9.17, 15) is 14.7 Å². The Bertz CT molecular complexity index is 672. The number of rotatable bonds is 8. The summed E-state index contributed by atoms with van der Waals surface area (Å²) in [6.07, 6.45) is 12.3. The molecule has 0 unspecified atom stereocenters. The van der Waals surface area contributed by atoms with E-state index in [2.05, 4.69) is 17.4 Å². The minimum absolute atomic E-state index is 0.136. The first kappa shape index (κ1) is 21.8. The van der Waals surface area contributed by atoms with E-state index in [0.29, 0.717) is 25.3 Å². The van der Waals surface area contributed by atoms with Gasteiger partial charge in [0, 0.05) is 6.42 Å². The van der Waals surface area contributed by atoms with Gasteiger partial charge in [-0.05, 0) is 55.7 Å². The van der Waals surface area contributed by atoms with Gasteiger partial charge in [0.25, 0.3) is 0 Å². The van der Waals surface area contributed by atoms with Gasteiger partial charge in [-0.2, -0.15) is 0 Å². The van der Waals surface area contributed by atoms with E-state index in [4.69, 9.17) is 5.73 Å². The molecule has 1 aromatic carbocycles. The number of benzene rings is 1. The van der Waals surface area contributed by atoms with Crippen molar-refractivity contribution in [3.8, 4) is 0 Å². The number of carboxylic acid groups (broad SMARTS) is 1. The van der Waals surface area contributed by atoms with Crippen LogP contribution in [0.4, 0.5) is 0 Å². The molecule has 0 aromatic heterocycles. The van der Waals surface area contributed by atoms with Crippen molar-refractivity contribution < 1.29 is 14.7 Å². The quantitative estimate of drug-likeness (QED) is 0.572. The maximum Gasteiger partial charge on any atom is 0.326 e. The standard InChI is InChI=1S/C24H36N2O3/c25-16-15-24(13-5-6-14-24)23(29)26-21(22(27)28)17-18-9-11-20(12-10-18)19-7-3-1-2-4-8-19/h9-12,19,21H,1-8,13-17,25H2,(H,26,29)(H,27,28)/t21-/m0/s1. The molecule has 0 radical (unpaired) electrons. The third-order valence-electron chi connectivity index (χ3n) is 7.01. The third-order valence-corrected chi connectivity index (χ3v) is 7.01. The highest BCUT2D eigenvalue weighted by Gasteiger charge is 2.41. The van der Waals surface area contributed by atoms with E-state index in [0.717, 1.165) is 31.2 Å². The number of amides is 1. The fourth-order valence-electron chi connectivity index (χ4n) is 5.20. The molecule has 2 aliphatic carbocycles. The molecule has 0 spiro atoms. The van der Waals surface area contributed by atoms with Crippen molar-refractivity contribution in [2.45, 2.75) is 89.0 Å². The predicted molar refractivity (Wildman–Crippen MR) is 115 cm³/mol. The molecule has 0 aliphatic heterocycles. The molecule has 160 valence electrons. The summed E-state index contributed by atoms with van der Waals surface area (Å²) >= 11 is 0. The summed E-state index contributed by atoms with van der Waals surface area (Å²) in [5.41, 5.74) is 7.57. The lowest BCUT2D eigenvalue weighted by molar-refractivity contribution is -0.144. The van der Waals surface area contributed by atoms with E-state index in [1.165, 1.54) is 44.1 Å². The van der Waals surface area contributed by atoms with Crippen LogP contribution in [0.15, 0.2) is 24.3 Å². The number of nitrogens with two attached hydrogens (primary N) is 1. The second kappa shape index (κ2) is 10.2. The second-order valence-electron chi connectivity index (χ2n) is 9.02. The largest absolute Gasteiger partial charge is 0.480 e. The minimum Gasteiger partial charge on any atom is -0.480 e. The van der Waals surface area contributed by atoms with Crippen molar-refractivity contribution in [1.82, 2.24) is 5.32 Å². The Morgan fingerprint density at radius 2 is 1.66 bits per heavy atom. The van der Waals surface area contributed by atoms with Gasteiger partial charge >= 0.3 is 5.97 Å². The Labute approximate surface area is 174 Å². The Morgan fingerprint density at radius 1 is 1.03 bits per heavy atom. The van der Waals surface area contributed by atoms with Gasteiger partial charge < -0.3 is 16.2 Å². The summed E-state index contributed by atoms with van der Waals surface area (Å²) in [6, 6.07) is 7.47. The van der Waals surface area contributed by atoms with Crippen molar-refractivity contribution in [1.29, 1.82) is 0 Å². The minimum atomic E-state index is -0.980. The molecular weight excluding hydrogens is 364 g/mol. The van der Waals surface area contributed by atoms with Crippen molar-refractivity contribution in [3.63, 3.8) is 0 Å². The van der Waals surface area contributed by atoms with Crippen LogP contribution in [0.25, 0.3) is 0 Å². The fraction of sp³-hybridized carbons (Fsp3) is 0.667. The lowest BCUT2D eigenvalue weighted by Gasteiger charge is -2.29. The molecular formula is C24H36N2O3. The smallest absolute Gasteiger partial charge is 0.326 e. The highest BCUT2D eigenvalue weighted by atomic mass is 16.4. The highest BCUT2D eigenvalue weighted by Crippen LogP contribution is 2.41. The fourth-order valence-corrected chi connectivity index (χ4v) is 5.20. The monoisotopic (exact) mass is 400 g/mol. The molecule has 0 heterocycles. The van der Waals surface area contributed by atoms with Crippen LogP contribution in [0.5, 0.6) is 0 Å². The van der Waals surface area contributed by atoms with Gasteiger partial charge in [-0.25, -0.2) is 4.79 Å². The summed E-state index contributed by atoms with van der Waals surface area (Å²) in [6.45, 7) is 0.452. The molecule has 0 saturated heterocycles. The molecule has 2 saturated carbocycles. The van der Waals surface area contributed by atoms with Gasteiger partial charge in [-0.1, -0.05) is 62.8 Å². The van der Waals surface area contributed by atoms with Crippen LogP contribution in [0.3, 0.4) is 0 Å². The van der Waals surface area contributed by atoms with Gasteiger partial charge in [-0.3, -0.25) is 4.79 Å². The SMILES string of the molecule is NCCC1(C(=O)N[C@@H](Cc2ccc(C3CCCCCC3)cc2)C(=O)O)CCCC1. The van der Waals surface area contributed by atoms with Crippen molar-refractivity contribution in [2.75, 3.05) is 6.54 Å². The first-order chi connectivity index (χ1) is 14.0. The van der Waals surface area contributed by atoms with Gasteiger partial charge in [-0.15, -0.1) is 0 Å². The number of carbonyl (C=O) groups is 2. The number of nitrogens with one attached hydrogen (secondary N) is 1. The van der Waals surface area contributed by atoms with Crippen molar-refractivity contribution in [3.05, 3.63) is 35.4 Å². The van der Waals surface area contributed by atoms with E-state index >= 15 is 0 Å². The maximum absolute atomic E-state index is 12.9. The summed E-state index contributed by atoms with van der Waals surface area (Å²) in [7, 11) is 0. The maximum atomic E-state index is 12.9. The summed E-state index contributed by atoms with van der Waals surface area (Å²) in [5.74, 6) is -0.491. The molecule has 29 heavy (non-hydrogen) atoms. The molecule has 3 rings (SSSR count). The van der Waals surface area contributed by atoms with Gasteiger partial charge in [0.2, 0.25) is 5.91 Å². The van der Waals surface area contributed by atoms with Crippen LogP contribution in [0.2, 0.25) is 0 Å². The number of carbonyl (C=O) groups excluding carboxylic acids is 1. The number of hydrogen-bond donors (Lipinski definition) is 3. The Morgan fingerprint density at radius 3 is 2.21 bits per heavy atom. The lowest BCUT2D eigenvalue weighted by atomic mass is 9.81. The molecule has 1 aromatic rings. The third kappa shape index (κ3) is 5.59. The van der Waals surface area contributed by atoms with E-state index in [1.54, 1.807) is 0 Å². The Kier molecular flexibility index (Phi) is 7.70. The zero-order valence-electron chi connectivity index (χ0n) is 17.5. The summed E-state index contributed by atoms with van der Waals surface area (Å²) < 4.78 is 0.